The summed E-state index contributed by atoms with van der Waals surface area (Å²) in [5.41, 5.74) is 2.13. The molecule has 3 aromatic rings. The fourth-order valence-electron chi connectivity index (χ4n) is 2.66. The summed E-state index contributed by atoms with van der Waals surface area (Å²) in [6.07, 6.45) is 1.81. The molecule has 1 aliphatic heterocycles. The predicted molar refractivity (Wildman–Crippen MR) is 116 cm³/mol. The summed E-state index contributed by atoms with van der Waals surface area (Å²) in [5, 5.41) is 4.96. The number of para-hydroxylation sites is 1. The zero-order chi connectivity index (χ0) is 19.7. The van der Waals surface area contributed by atoms with E-state index in [4.69, 9.17) is 27.9 Å². The van der Waals surface area contributed by atoms with Gasteiger partial charge >= 0.3 is 0 Å². The van der Waals surface area contributed by atoms with Crippen LogP contribution in [0.5, 0.6) is 5.88 Å². The second-order valence-electron chi connectivity index (χ2n) is 5.86. The highest BCUT2D eigenvalue weighted by atomic mass is 35.5. The van der Waals surface area contributed by atoms with Crippen LogP contribution in [0.3, 0.4) is 0 Å². The van der Waals surface area contributed by atoms with E-state index in [9.17, 15) is 4.79 Å². The number of hydrogen-bond donors (Lipinski definition) is 1. The number of hydrogen-bond acceptors (Lipinski definition) is 5. The molecule has 4 rings (SSSR count). The van der Waals surface area contributed by atoms with Crippen molar-refractivity contribution in [2.24, 2.45) is 4.99 Å². The fraction of sp³-hybridized carbons (Fsp3) is 0.0500. The maximum absolute atomic E-state index is 12.3. The van der Waals surface area contributed by atoms with Crippen molar-refractivity contribution in [1.82, 2.24) is 10.3 Å². The Morgan fingerprint density at radius 2 is 1.93 bits per heavy atom. The van der Waals surface area contributed by atoms with Gasteiger partial charge in [0.1, 0.15) is 5.69 Å². The molecule has 1 amide bonds. The lowest BCUT2D eigenvalue weighted by atomic mass is 10.1. The van der Waals surface area contributed by atoms with E-state index in [1.54, 1.807) is 37.5 Å². The van der Waals surface area contributed by atoms with Gasteiger partial charge in [-0.2, -0.15) is 0 Å². The van der Waals surface area contributed by atoms with Gasteiger partial charge in [-0.05, 0) is 53.7 Å². The van der Waals surface area contributed by atoms with Crippen LogP contribution in [-0.2, 0) is 4.79 Å². The molecule has 0 bridgehead atoms. The third-order valence-electron chi connectivity index (χ3n) is 4.00. The Hall–Kier alpha value is -2.54. The van der Waals surface area contributed by atoms with Gasteiger partial charge in [0.2, 0.25) is 5.88 Å². The Bertz CT molecular complexity index is 1140. The molecule has 0 saturated carbocycles. The van der Waals surface area contributed by atoms with Crippen molar-refractivity contribution in [2.45, 2.75) is 0 Å². The molecule has 5 nitrogen and oxygen atoms in total. The fourth-order valence-corrected chi connectivity index (χ4v) is 3.97. The number of carbonyl (C=O) groups excluding carboxylic acids is 1. The summed E-state index contributed by atoms with van der Waals surface area (Å²) < 4.78 is 5.14. The molecule has 0 radical (unpaired) electrons. The van der Waals surface area contributed by atoms with Crippen molar-refractivity contribution in [3.63, 3.8) is 0 Å². The number of methoxy groups -OCH3 is 1. The van der Waals surface area contributed by atoms with E-state index in [1.807, 2.05) is 24.3 Å². The van der Waals surface area contributed by atoms with Crippen LogP contribution >= 0.6 is 35.0 Å². The Morgan fingerprint density at radius 3 is 2.68 bits per heavy atom. The first-order valence-electron chi connectivity index (χ1n) is 8.22. The predicted octanol–water partition coefficient (Wildman–Crippen LogP) is 5.44. The number of aliphatic imine (C=N–C) groups is 1. The number of aromatic nitrogens is 1. The number of halogens is 2. The van der Waals surface area contributed by atoms with E-state index in [1.165, 1.54) is 11.8 Å². The molecule has 28 heavy (non-hydrogen) atoms. The first kappa shape index (κ1) is 18.8. The average molecular weight is 430 g/mol. The van der Waals surface area contributed by atoms with Gasteiger partial charge in [0.15, 0.2) is 5.17 Å². The van der Waals surface area contributed by atoms with Crippen LogP contribution in [0.1, 0.15) is 5.56 Å². The van der Waals surface area contributed by atoms with Gasteiger partial charge in [-0.3, -0.25) is 4.79 Å². The molecule has 0 aliphatic carbocycles. The van der Waals surface area contributed by atoms with Gasteiger partial charge in [-0.25, -0.2) is 9.98 Å². The summed E-state index contributed by atoms with van der Waals surface area (Å²) in [6, 6.07) is 14.6. The molecule has 1 aromatic heterocycles. The van der Waals surface area contributed by atoms with Crippen molar-refractivity contribution in [2.75, 3.05) is 7.11 Å². The number of fused-ring (bicyclic) bond motifs is 1. The van der Waals surface area contributed by atoms with E-state index in [0.29, 0.717) is 31.7 Å². The van der Waals surface area contributed by atoms with Crippen molar-refractivity contribution in [1.29, 1.82) is 0 Å². The van der Waals surface area contributed by atoms with Crippen LogP contribution in [0.25, 0.3) is 17.0 Å². The van der Waals surface area contributed by atoms with Crippen LogP contribution in [0.2, 0.25) is 10.0 Å². The Kier molecular flexibility index (Phi) is 5.26. The minimum absolute atomic E-state index is 0.222. The highest BCUT2D eigenvalue weighted by Crippen LogP contribution is 2.35. The lowest BCUT2D eigenvalue weighted by Crippen LogP contribution is -2.19. The molecule has 8 heteroatoms. The first-order valence-corrected chi connectivity index (χ1v) is 9.79. The van der Waals surface area contributed by atoms with E-state index in [2.05, 4.69) is 15.3 Å². The second kappa shape index (κ2) is 7.83. The second-order valence-corrected chi connectivity index (χ2v) is 7.70. The molecule has 0 spiro atoms. The normalized spacial score (nSPS) is 16.8. The number of benzene rings is 2. The van der Waals surface area contributed by atoms with Crippen LogP contribution < -0.4 is 10.1 Å². The zero-order valence-electron chi connectivity index (χ0n) is 14.6. The summed E-state index contributed by atoms with van der Waals surface area (Å²) in [6.45, 7) is 0. The first-order chi connectivity index (χ1) is 13.5. The van der Waals surface area contributed by atoms with Gasteiger partial charge in [0.05, 0.1) is 27.6 Å². The minimum Gasteiger partial charge on any atom is -0.481 e. The van der Waals surface area contributed by atoms with E-state index in [0.717, 1.165) is 16.5 Å². The number of nitrogens with zero attached hydrogens (tertiary/aromatic N) is 2. The zero-order valence-corrected chi connectivity index (χ0v) is 16.9. The summed E-state index contributed by atoms with van der Waals surface area (Å²) >= 11 is 13.5. The smallest absolute Gasteiger partial charge is 0.264 e. The van der Waals surface area contributed by atoms with E-state index < -0.39 is 0 Å². The number of ether oxygens (including phenoxy) is 1. The quantitative estimate of drug-likeness (QED) is 0.562. The molecule has 1 aliphatic rings. The highest BCUT2D eigenvalue weighted by molar-refractivity contribution is 8.18. The lowest BCUT2D eigenvalue weighted by Gasteiger charge is -2.03. The minimum atomic E-state index is -0.222. The summed E-state index contributed by atoms with van der Waals surface area (Å²) in [5.74, 6) is 0.336. The Balaban J connectivity index is 1.63. The van der Waals surface area contributed by atoms with Crippen molar-refractivity contribution >= 4 is 68.7 Å². The number of carbonyl (C=O) groups is 1. The number of rotatable bonds is 3. The molecule has 140 valence electrons. The van der Waals surface area contributed by atoms with Crippen LogP contribution in [-0.4, -0.2) is 23.2 Å². The average Bonchev–Trinajstić information content (AvgIpc) is 3.03. The Labute approximate surface area is 175 Å². The molecule has 1 N–H and O–H groups in total. The maximum atomic E-state index is 12.3. The summed E-state index contributed by atoms with van der Waals surface area (Å²) in [4.78, 5) is 21.6. The third kappa shape index (κ3) is 3.85. The number of nitrogens with one attached hydrogen (secondary N) is 1. The molecule has 1 fully saturated rings. The molecule has 2 heterocycles. The molecule has 1 saturated heterocycles. The summed E-state index contributed by atoms with van der Waals surface area (Å²) in [7, 11) is 1.58. The highest BCUT2D eigenvalue weighted by Gasteiger charge is 2.24. The van der Waals surface area contributed by atoms with E-state index in [-0.39, 0.29) is 5.91 Å². The molecule has 2 aromatic carbocycles. The van der Waals surface area contributed by atoms with Crippen LogP contribution in [0.15, 0.2) is 58.4 Å². The van der Waals surface area contributed by atoms with Crippen molar-refractivity contribution < 1.29 is 9.53 Å². The standard InChI is InChI=1S/C20H13Cl2N3O2S/c1-27-17-8-6-12-9-11(5-7-15(12)23-17)10-16-19(26)25-20(28-16)24-18-13(21)3-2-4-14(18)22/h2-10H,1H3,(H,24,25,26)/b16-10+. The molecule has 0 unspecified atom stereocenters. The van der Waals surface area contributed by atoms with Gasteiger partial charge < -0.3 is 10.1 Å². The monoisotopic (exact) mass is 429 g/mol. The van der Waals surface area contributed by atoms with Gasteiger partial charge in [0.25, 0.3) is 5.91 Å². The number of amides is 1. The SMILES string of the molecule is COc1ccc2cc(/C=C3/SC(=Nc4c(Cl)cccc4Cl)NC3=O)ccc2n1. The number of thioether (sulfide) groups is 1. The molecule has 0 atom stereocenters. The van der Waals surface area contributed by atoms with Gasteiger partial charge in [-0.15, -0.1) is 0 Å². The van der Waals surface area contributed by atoms with Crippen molar-refractivity contribution in [3.05, 3.63) is 69.0 Å². The van der Waals surface area contributed by atoms with Crippen molar-refractivity contribution in [3.8, 4) is 5.88 Å². The number of pyridine rings is 1. The third-order valence-corrected chi connectivity index (χ3v) is 5.52. The Morgan fingerprint density at radius 1 is 1.14 bits per heavy atom. The van der Waals surface area contributed by atoms with Crippen LogP contribution in [0.4, 0.5) is 5.69 Å². The number of amidine groups is 1. The lowest BCUT2D eigenvalue weighted by molar-refractivity contribution is -0.115. The van der Waals surface area contributed by atoms with Crippen LogP contribution in [0, 0.1) is 0 Å². The van der Waals surface area contributed by atoms with Gasteiger partial charge in [0, 0.05) is 11.5 Å². The molecular weight excluding hydrogens is 417 g/mol. The van der Waals surface area contributed by atoms with E-state index >= 15 is 0 Å². The molecular formula is C20H13Cl2N3O2S. The topological polar surface area (TPSA) is 63.6 Å². The maximum Gasteiger partial charge on any atom is 0.264 e. The van der Waals surface area contributed by atoms with Gasteiger partial charge in [-0.1, -0.05) is 35.3 Å². The largest absolute Gasteiger partial charge is 0.481 e.